The predicted octanol–water partition coefficient (Wildman–Crippen LogP) is 1.29. The van der Waals surface area contributed by atoms with Crippen LogP contribution in [0.25, 0.3) is 0 Å². The van der Waals surface area contributed by atoms with E-state index < -0.39 is 12.0 Å². The molecule has 2 atom stereocenters. The lowest BCUT2D eigenvalue weighted by Gasteiger charge is -2.25. The lowest BCUT2D eigenvalue weighted by atomic mass is 10.1. The fraction of sp³-hybridized carbons (Fsp3) is 0.818. The molecule has 0 bridgehead atoms. The molecule has 0 radical (unpaired) electrons. The smallest absolute Gasteiger partial charge is 0.326 e. The summed E-state index contributed by atoms with van der Waals surface area (Å²) in [6, 6.07) is -0.854. The van der Waals surface area contributed by atoms with E-state index in [-0.39, 0.29) is 12.1 Å². The van der Waals surface area contributed by atoms with E-state index in [0.29, 0.717) is 18.9 Å². The summed E-state index contributed by atoms with van der Waals surface area (Å²) < 4.78 is 0. The minimum Gasteiger partial charge on any atom is -0.480 e. The van der Waals surface area contributed by atoms with Crippen LogP contribution in [0, 0.1) is 5.92 Å². The van der Waals surface area contributed by atoms with E-state index in [1.54, 1.807) is 0 Å². The molecule has 0 saturated carbocycles. The molecule has 16 heavy (non-hydrogen) atoms. The van der Waals surface area contributed by atoms with Crippen LogP contribution in [0.1, 0.15) is 33.6 Å². The molecule has 1 aliphatic heterocycles. The highest BCUT2D eigenvalue weighted by molar-refractivity contribution is 5.83. The van der Waals surface area contributed by atoms with Crippen molar-refractivity contribution in [1.29, 1.82) is 0 Å². The van der Waals surface area contributed by atoms with Gasteiger partial charge >= 0.3 is 12.0 Å². The number of carboxylic acid groups (broad SMARTS) is 1. The molecule has 1 rings (SSSR count). The summed E-state index contributed by atoms with van der Waals surface area (Å²) in [6.07, 6.45) is 1.32. The van der Waals surface area contributed by atoms with Gasteiger partial charge in [0.2, 0.25) is 0 Å². The molecule has 2 amide bonds. The van der Waals surface area contributed by atoms with Crippen molar-refractivity contribution in [3.63, 3.8) is 0 Å². The number of urea groups is 1. The van der Waals surface area contributed by atoms with Gasteiger partial charge in [-0.1, -0.05) is 13.8 Å². The van der Waals surface area contributed by atoms with Crippen molar-refractivity contribution in [2.24, 2.45) is 5.92 Å². The summed E-state index contributed by atoms with van der Waals surface area (Å²) in [5, 5.41) is 11.8. The number of carbonyl (C=O) groups is 2. The van der Waals surface area contributed by atoms with Gasteiger partial charge in [-0.15, -0.1) is 0 Å². The molecule has 1 fully saturated rings. The number of rotatable bonds is 3. The Labute approximate surface area is 95.8 Å². The molecule has 92 valence electrons. The van der Waals surface area contributed by atoms with Crippen molar-refractivity contribution in [3.8, 4) is 0 Å². The van der Waals surface area contributed by atoms with Crippen LogP contribution in [0.5, 0.6) is 0 Å². The third-order valence-electron chi connectivity index (χ3n) is 3.15. The Morgan fingerprint density at radius 2 is 2.00 bits per heavy atom. The van der Waals surface area contributed by atoms with Crippen LogP contribution in [-0.4, -0.2) is 40.6 Å². The van der Waals surface area contributed by atoms with Gasteiger partial charge in [-0.3, -0.25) is 0 Å². The van der Waals surface area contributed by atoms with Crippen molar-refractivity contribution in [2.75, 3.05) is 6.54 Å². The van der Waals surface area contributed by atoms with Gasteiger partial charge in [0.15, 0.2) is 0 Å². The van der Waals surface area contributed by atoms with Crippen LogP contribution < -0.4 is 5.32 Å². The Balaban J connectivity index is 2.56. The maximum Gasteiger partial charge on any atom is 0.326 e. The van der Waals surface area contributed by atoms with Gasteiger partial charge in [-0.25, -0.2) is 9.59 Å². The Kier molecular flexibility index (Phi) is 4.15. The number of likely N-dealkylation sites (tertiary alicyclic amines) is 1. The normalized spacial score (nSPS) is 22.2. The van der Waals surface area contributed by atoms with Crippen LogP contribution in [0.15, 0.2) is 0 Å². The van der Waals surface area contributed by atoms with Gasteiger partial charge in [0.1, 0.15) is 6.04 Å². The number of carbonyl (C=O) groups excluding carboxylic acids is 1. The van der Waals surface area contributed by atoms with Crippen molar-refractivity contribution < 1.29 is 14.7 Å². The molecular formula is C11H20N2O3. The number of nitrogens with one attached hydrogen (secondary N) is 1. The molecule has 1 saturated heterocycles. The predicted molar refractivity (Wildman–Crippen MR) is 60.2 cm³/mol. The quantitative estimate of drug-likeness (QED) is 0.764. The van der Waals surface area contributed by atoms with E-state index in [0.717, 1.165) is 6.42 Å². The minimum atomic E-state index is -0.912. The first-order valence-corrected chi connectivity index (χ1v) is 5.73. The highest BCUT2D eigenvalue weighted by Crippen LogP contribution is 2.17. The molecule has 1 heterocycles. The van der Waals surface area contributed by atoms with Crippen molar-refractivity contribution in [1.82, 2.24) is 10.2 Å². The minimum absolute atomic E-state index is 0.0579. The van der Waals surface area contributed by atoms with Crippen molar-refractivity contribution >= 4 is 12.0 Å². The van der Waals surface area contributed by atoms with Crippen LogP contribution in [0.3, 0.4) is 0 Å². The number of amides is 2. The summed E-state index contributed by atoms with van der Waals surface area (Å²) in [4.78, 5) is 24.2. The van der Waals surface area contributed by atoms with E-state index in [1.807, 2.05) is 20.8 Å². The Morgan fingerprint density at radius 3 is 2.50 bits per heavy atom. The molecule has 0 spiro atoms. The molecule has 0 aromatic heterocycles. The standard InChI is InChI=1S/C11H20N2O3/c1-7(2)8(3)12-11(16)13-6-4-5-9(13)10(14)15/h7-9H,4-6H2,1-3H3,(H,12,16)(H,14,15)/t8?,9-/m1/s1. The number of nitrogens with zero attached hydrogens (tertiary/aromatic N) is 1. The van der Waals surface area contributed by atoms with Crippen molar-refractivity contribution in [2.45, 2.75) is 45.7 Å². The van der Waals surface area contributed by atoms with E-state index >= 15 is 0 Å². The number of carboxylic acids is 1. The molecule has 2 N–H and O–H groups in total. The van der Waals surface area contributed by atoms with Crippen LogP contribution in [-0.2, 0) is 4.79 Å². The summed E-state index contributed by atoms with van der Waals surface area (Å²) in [5.41, 5.74) is 0. The monoisotopic (exact) mass is 228 g/mol. The summed E-state index contributed by atoms with van der Waals surface area (Å²) in [5.74, 6) is -0.570. The Hall–Kier alpha value is -1.26. The summed E-state index contributed by atoms with van der Waals surface area (Å²) in [6.45, 7) is 6.50. The Morgan fingerprint density at radius 1 is 1.38 bits per heavy atom. The molecule has 5 nitrogen and oxygen atoms in total. The highest BCUT2D eigenvalue weighted by atomic mass is 16.4. The van der Waals surface area contributed by atoms with Gasteiger partial charge < -0.3 is 15.3 Å². The maximum atomic E-state index is 11.8. The zero-order valence-electron chi connectivity index (χ0n) is 10.1. The summed E-state index contributed by atoms with van der Waals surface area (Å²) in [7, 11) is 0. The first-order valence-electron chi connectivity index (χ1n) is 5.73. The second-order valence-electron chi connectivity index (χ2n) is 4.67. The first-order chi connectivity index (χ1) is 7.43. The van der Waals surface area contributed by atoms with Gasteiger partial charge in [-0.05, 0) is 25.7 Å². The topological polar surface area (TPSA) is 69.6 Å². The lowest BCUT2D eigenvalue weighted by Crippen LogP contribution is -2.49. The van der Waals surface area contributed by atoms with Gasteiger partial charge in [0, 0.05) is 12.6 Å². The Bertz CT molecular complexity index is 278. The fourth-order valence-corrected chi connectivity index (χ4v) is 1.71. The molecule has 1 unspecified atom stereocenters. The largest absolute Gasteiger partial charge is 0.480 e. The molecule has 1 aliphatic rings. The fourth-order valence-electron chi connectivity index (χ4n) is 1.71. The van der Waals surface area contributed by atoms with Crippen LogP contribution in [0.2, 0.25) is 0 Å². The van der Waals surface area contributed by atoms with E-state index in [1.165, 1.54) is 4.90 Å². The van der Waals surface area contributed by atoms with Crippen LogP contribution in [0.4, 0.5) is 4.79 Å². The van der Waals surface area contributed by atoms with Gasteiger partial charge in [0.05, 0.1) is 0 Å². The zero-order valence-corrected chi connectivity index (χ0v) is 10.1. The molecule has 0 aromatic carbocycles. The second-order valence-corrected chi connectivity index (χ2v) is 4.67. The lowest BCUT2D eigenvalue weighted by molar-refractivity contribution is -0.141. The van der Waals surface area contributed by atoms with E-state index in [9.17, 15) is 9.59 Å². The van der Waals surface area contributed by atoms with Gasteiger partial charge in [0.25, 0.3) is 0 Å². The van der Waals surface area contributed by atoms with Gasteiger partial charge in [-0.2, -0.15) is 0 Å². The number of hydrogen-bond acceptors (Lipinski definition) is 2. The molecule has 0 aliphatic carbocycles. The first kappa shape index (κ1) is 12.8. The molecule has 5 heteroatoms. The third-order valence-corrected chi connectivity index (χ3v) is 3.15. The zero-order chi connectivity index (χ0) is 12.3. The second kappa shape index (κ2) is 5.18. The molecule has 0 aromatic rings. The van der Waals surface area contributed by atoms with E-state index in [2.05, 4.69) is 5.32 Å². The number of hydrogen-bond donors (Lipinski definition) is 2. The SMILES string of the molecule is CC(C)C(C)NC(=O)N1CCC[C@@H]1C(=O)O. The average molecular weight is 228 g/mol. The molecular weight excluding hydrogens is 208 g/mol. The number of aliphatic carboxylic acids is 1. The van der Waals surface area contributed by atoms with Crippen LogP contribution >= 0.6 is 0 Å². The average Bonchev–Trinajstić information content (AvgIpc) is 2.65. The third kappa shape index (κ3) is 2.87. The van der Waals surface area contributed by atoms with E-state index in [4.69, 9.17) is 5.11 Å². The van der Waals surface area contributed by atoms with Crippen molar-refractivity contribution in [3.05, 3.63) is 0 Å². The highest BCUT2D eigenvalue weighted by Gasteiger charge is 2.34. The summed E-state index contributed by atoms with van der Waals surface area (Å²) >= 11 is 0. The maximum absolute atomic E-state index is 11.8.